The van der Waals surface area contributed by atoms with E-state index in [1.807, 2.05) is 0 Å². The van der Waals surface area contributed by atoms with Crippen molar-refractivity contribution in [2.45, 2.75) is 20.3 Å². The van der Waals surface area contributed by atoms with Crippen LogP contribution < -0.4 is 0 Å². The van der Waals surface area contributed by atoms with E-state index >= 15 is 0 Å². The van der Waals surface area contributed by atoms with Gasteiger partial charge in [-0.2, -0.15) is 0 Å². The largest absolute Gasteiger partial charge is 0.464 e. The van der Waals surface area contributed by atoms with Gasteiger partial charge in [-0.25, -0.2) is 0 Å². The van der Waals surface area contributed by atoms with Gasteiger partial charge >= 0.3 is 5.97 Å². The van der Waals surface area contributed by atoms with E-state index < -0.39 is 0 Å². The number of rotatable bonds is 7. The summed E-state index contributed by atoms with van der Waals surface area (Å²) in [6.45, 7) is 10.9. The van der Waals surface area contributed by atoms with Crippen LogP contribution in [0.3, 0.4) is 0 Å². The SMILES string of the molecule is C=CCC(=O)OCCN(CC)CC. The van der Waals surface area contributed by atoms with Gasteiger partial charge in [0.05, 0.1) is 6.42 Å². The minimum atomic E-state index is -0.192. The summed E-state index contributed by atoms with van der Waals surface area (Å²) in [5.74, 6) is -0.192. The van der Waals surface area contributed by atoms with Gasteiger partial charge in [-0.3, -0.25) is 4.79 Å². The van der Waals surface area contributed by atoms with Crippen molar-refractivity contribution in [2.24, 2.45) is 0 Å². The van der Waals surface area contributed by atoms with Gasteiger partial charge in [0.1, 0.15) is 6.61 Å². The quantitative estimate of drug-likeness (QED) is 0.444. The van der Waals surface area contributed by atoms with E-state index in [0.717, 1.165) is 19.6 Å². The molecule has 0 rings (SSSR count). The van der Waals surface area contributed by atoms with Crippen LogP contribution in [0.5, 0.6) is 0 Å². The molecule has 0 fully saturated rings. The topological polar surface area (TPSA) is 29.5 Å². The predicted molar refractivity (Wildman–Crippen MR) is 53.6 cm³/mol. The van der Waals surface area contributed by atoms with Gasteiger partial charge in [0, 0.05) is 6.54 Å². The third-order valence-electron chi connectivity index (χ3n) is 1.88. The molecule has 76 valence electrons. The van der Waals surface area contributed by atoms with Crippen LogP contribution in [0.1, 0.15) is 20.3 Å². The molecular formula is C10H19NO2. The number of nitrogens with zero attached hydrogens (tertiary/aromatic N) is 1. The van der Waals surface area contributed by atoms with Crippen LogP contribution in [-0.4, -0.2) is 37.1 Å². The second kappa shape index (κ2) is 7.80. The van der Waals surface area contributed by atoms with Crippen molar-refractivity contribution < 1.29 is 9.53 Å². The Morgan fingerprint density at radius 1 is 1.46 bits per heavy atom. The molecule has 0 bridgehead atoms. The zero-order valence-corrected chi connectivity index (χ0v) is 8.58. The molecule has 0 spiro atoms. The number of likely N-dealkylation sites (N-methyl/N-ethyl adjacent to an activating group) is 1. The summed E-state index contributed by atoms with van der Waals surface area (Å²) in [5, 5.41) is 0. The Balaban J connectivity index is 3.42. The average Bonchev–Trinajstić information content (AvgIpc) is 2.13. The molecule has 0 unspecified atom stereocenters. The minimum absolute atomic E-state index is 0.192. The monoisotopic (exact) mass is 185 g/mol. The van der Waals surface area contributed by atoms with E-state index in [0.29, 0.717) is 13.0 Å². The first-order chi connectivity index (χ1) is 6.24. The maximum absolute atomic E-state index is 10.9. The van der Waals surface area contributed by atoms with E-state index in [1.54, 1.807) is 6.08 Å². The van der Waals surface area contributed by atoms with Crippen LogP contribution >= 0.6 is 0 Å². The summed E-state index contributed by atoms with van der Waals surface area (Å²) in [7, 11) is 0. The highest BCUT2D eigenvalue weighted by Gasteiger charge is 2.01. The maximum atomic E-state index is 10.9. The molecule has 0 N–H and O–H groups in total. The molecule has 0 aliphatic rings. The number of hydrogen-bond donors (Lipinski definition) is 0. The second-order valence-corrected chi connectivity index (χ2v) is 2.74. The lowest BCUT2D eigenvalue weighted by Gasteiger charge is -2.17. The van der Waals surface area contributed by atoms with Crippen molar-refractivity contribution >= 4 is 5.97 Å². The molecule has 0 saturated heterocycles. The molecular weight excluding hydrogens is 166 g/mol. The highest BCUT2D eigenvalue weighted by atomic mass is 16.5. The average molecular weight is 185 g/mol. The Kier molecular flexibility index (Phi) is 7.30. The fourth-order valence-corrected chi connectivity index (χ4v) is 1.01. The Hall–Kier alpha value is -0.830. The molecule has 0 aliphatic carbocycles. The molecule has 0 aromatic carbocycles. The number of carbonyl (C=O) groups excluding carboxylic acids is 1. The van der Waals surface area contributed by atoms with Crippen LogP contribution in [0.25, 0.3) is 0 Å². The molecule has 0 heterocycles. The molecule has 0 aliphatic heterocycles. The summed E-state index contributed by atoms with van der Waals surface area (Å²) in [5.41, 5.74) is 0. The van der Waals surface area contributed by atoms with E-state index in [9.17, 15) is 4.79 Å². The second-order valence-electron chi connectivity index (χ2n) is 2.74. The fourth-order valence-electron chi connectivity index (χ4n) is 1.01. The Morgan fingerprint density at radius 2 is 2.08 bits per heavy atom. The summed E-state index contributed by atoms with van der Waals surface area (Å²) >= 11 is 0. The molecule has 0 amide bonds. The lowest BCUT2D eigenvalue weighted by atomic mass is 10.4. The lowest BCUT2D eigenvalue weighted by molar-refractivity contribution is -0.143. The van der Waals surface area contributed by atoms with Crippen LogP contribution in [0.4, 0.5) is 0 Å². The standard InChI is InChI=1S/C10H19NO2/c1-4-7-10(12)13-9-8-11(5-2)6-3/h4H,1,5-9H2,2-3H3. The third kappa shape index (κ3) is 6.34. The first-order valence-corrected chi connectivity index (χ1v) is 4.73. The third-order valence-corrected chi connectivity index (χ3v) is 1.88. The van der Waals surface area contributed by atoms with Crippen LogP contribution in [-0.2, 0) is 9.53 Å². The normalized spacial score (nSPS) is 10.1. The summed E-state index contributed by atoms with van der Waals surface area (Å²) in [6.07, 6.45) is 1.86. The summed E-state index contributed by atoms with van der Waals surface area (Å²) in [6, 6.07) is 0. The Labute approximate surface area is 80.4 Å². The van der Waals surface area contributed by atoms with E-state index in [1.165, 1.54) is 0 Å². The van der Waals surface area contributed by atoms with E-state index in [2.05, 4.69) is 25.3 Å². The van der Waals surface area contributed by atoms with Crippen molar-refractivity contribution in [3.8, 4) is 0 Å². The van der Waals surface area contributed by atoms with Gasteiger partial charge in [0.25, 0.3) is 0 Å². The Morgan fingerprint density at radius 3 is 2.54 bits per heavy atom. The van der Waals surface area contributed by atoms with Gasteiger partial charge < -0.3 is 9.64 Å². The number of hydrogen-bond acceptors (Lipinski definition) is 3. The van der Waals surface area contributed by atoms with Crippen molar-refractivity contribution in [1.82, 2.24) is 4.90 Å². The van der Waals surface area contributed by atoms with Crippen LogP contribution in [0, 0.1) is 0 Å². The minimum Gasteiger partial charge on any atom is -0.464 e. The highest BCUT2D eigenvalue weighted by Crippen LogP contribution is 1.90. The fraction of sp³-hybridized carbons (Fsp3) is 0.700. The molecule has 0 aromatic rings. The Bertz CT molecular complexity index is 153. The van der Waals surface area contributed by atoms with Crippen molar-refractivity contribution in [2.75, 3.05) is 26.2 Å². The zero-order valence-electron chi connectivity index (χ0n) is 8.58. The molecule has 0 atom stereocenters. The van der Waals surface area contributed by atoms with Gasteiger partial charge in [-0.1, -0.05) is 19.9 Å². The zero-order chi connectivity index (χ0) is 10.1. The number of carbonyl (C=O) groups is 1. The molecule has 0 aromatic heterocycles. The number of ether oxygens (including phenoxy) is 1. The highest BCUT2D eigenvalue weighted by molar-refractivity contribution is 5.70. The van der Waals surface area contributed by atoms with Crippen LogP contribution in [0.2, 0.25) is 0 Å². The summed E-state index contributed by atoms with van der Waals surface area (Å²) < 4.78 is 4.96. The number of esters is 1. The van der Waals surface area contributed by atoms with Gasteiger partial charge in [0.15, 0.2) is 0 Å². The van der Waals surface area contributed by atoms with Crippen molar-refractivity contribution in [3.63, 3.8) is 0 Å². The van der Waals surface area contributed by atoms with Crippen molar-refractivity contribution in [1.29, 1.82) is 0 Å². The van der Waals surface area contributed by atoms with Gasteiger partial charge in [0.2, 0.25) is 0 Å². The van der Waals surface area contributed by atoms with Crippen LogP contribution in [0.15, 0.2) is 12.7 Å². The summed E-state index contributed by atoms with van der Waals surface area (Å²) in [4.78, 5) is 13.1. The lowest BCUT2D eigenvalue weighted by Crippen LogP contribution is -2.27. The van der Waals surface area contributed by atoms with Crippen molar-refractivity contribution in [3.05, 3.63) is 12.7 Å². The predicted octanol–water partition coefficient (Wildman–Crippen LogP) is 1.45. The van der Waals surface area contributed by atoms with E-state index in [-0.39, 0.29) is 5.97 Å². The van der Waals surface area contributed by atoms with Gasteiger partial charge in [-0.15, -0.1) is 6.58 Å². The molecule has 13 heavy (non-hydrogen) atoms. The van der Waals surface area contributed by atoms with Gasteiger partial charge in [-0.05, 0) is 13.1 Å². The molecule has 0 saturated carbocycles. The molecule has 0 radical (unpaired) electrons. The molecule has 3 heteroatoms. The molecule has 3 nitrogen and oxygen atoms in total. The first-order valence-electron chi connectivity index (χ1n) is 4.73. The smallest absolute Gasteiger partial charge is 0.309 e. The van der Waals surface area contributed by atoms with E-state index in [4.69, 9.17) is 4.74 Å². The first kappa shape index (κ1) is 12.2. The maximum Gasteiger partial charge on any atom is 0.309 e.